The van der Waals surface area contributed by atoms with Crippen LogP contribution in [0.25, 0.3) is 0 Å². The molecule has 0 spiro atoms. The zero-order chi connectivity index (χ0) is 14.4. The van der Waals surface area contributed by atoms with Crippen LogP contribution in [-0.2, 0) is 9.59 Å². The highest BCUT2D eigenvalue weighted by atomic mass is 35.5. The van der Waals surface area contributed by atoms with E-state index in [4.69, 9.17) is 23.2 Å². The second-order valence-corrected chi connectivity index (χ2v) is 4.57. The van der Waals surface area contributed by atoms with E-state index in [9.17, 15) is 9.59 Å². The van der Waals surface area contributed by atoms with Gasteiger partial charge in [-0.05, 0) is 31.5 Å². The Bertz CT molecular complexity index is 527. The van der Waals surface area contributed by atoms with Crippen molar-refractivity contribution in [1.82, 2.24) is 5.32 Å². The molecule has 0 saturated heterocycles. The maximum atomic E-state index is 11.8. The summed E-state index contributed by atoms with van der Waals surface area (Å²) in [5.74, 6) is -1.20. The predicted octanol–water partition coefficient (Wildman–Crippen LogP) is 2.76. The number of amides is 2. The van der Waals surface area contributed by atoms with E-state index in [2.05, 4.69) is 10.6 Å². The number of halogens is 2. The number of carbonyl (C=O) groups is 2. The fourth-order valence-electron chi connectivity index (χ4n) is 1.35. The third kappa shape index (κ3) is 4.58. The molecule has 0 unspecified atom stereocenters. The molecule has 0 radical (unpaired) electrons. The number of aryl methyl sites for hydroxylation is 1. The van der Waals surface area contributed by atoms with Crippen LogP contribution >= 0.6 is 23.2 Å². The molecule has 2 amide bonds. The molecule has 0 aliphatic carbocycles. The summed E-state index contributed by atoms with van der Waals surface area (Å²) in [6, 6.07) is 7.19. The van der Waals surface area contributed by atoms with Crippen molar-refractivity contribution in [3.63, 3.8) is 0 Å². The number of carbonyl (C=O) groups excluding carboxylic acids is 2. The monoisotopic (exact) mass is 300 g/mol. The molecule has 0 aromatic heterocycles. The highest BCUT2D eigenvalue weighted by Crippen LogP contribution is 2.17. The summed E-state index contributed by atoms with van der Waals surface area (Å²) in [5, 5.41) is 4.36. The van der Waals surface area contributed by atoms with Gasteiger partial charge in [-0.1, -0.05) is 35.3 Å². The van der Waals surface area contributed by atoms with Crippen molar-refractivity contribution in [3.8, 4) is 0 Å². The van der Waals surface area contributed by atoms with Gasteiger partial charge < -0.3 is 10.6 Å². The van der Waals surface area contributed by atoms with E-state index in [1.54, 1.807) is 25.1 Å². The van der Waals surface area contributed by atoms with Crippen molar-refractivity contribution in [2.24, 2.45) is 0 Å². The zero-order valence-electron chi connectivity index (χ0n) is 10.6. The Morgan fingerprint density at radius 3 is 2.37 bits per heavy atom. The smallest absolute Gasteiger partial charge is 0.268 e. The van der Waals surface area contributed by atoms with E-state index in [0.29, 0.717) is 12.2 Å². The Morgan fingerprint density at radius 1 is 1.16 bits per heavy atom. The highest BCUT2D eigenvalue weighted by molar-refractivity contribution is 6.54. The Kier molecular flexibility index (Phi) is 5.86. The molecule has 0 bridgehead atoms. The van der Waals surface area contributed by atoms with Gasteiger partial charge in [0.2, 0.25) is 0 Å². The SMILES string of the molecule is CCNC(=O)/C(Cl)=C(/Cl)C(=O)Nc1cccc(C)c1. The highest BCUT2D eigenvalue weighted by Gasteiger charge is 2.17. The number of nitrogens with one attached hydrogen (secondary N) is 2. The van der Waals surface area contributed by atoms with Crippen LogP contribution in [0.5, 0.6) is 0 Å². The minimum absolute atomic E-state index is 0.325. The summed E-state index contributed by atoms with van der Waals surface area (Å²) < 4.78 is 0. The second-order valence-electron chi connectivity index (χ2n) is 3.81. The maximum absolute atomic E-state index is 11.8. The van der Waals surface area contributed by atoms with Crippen molar-refractivity contribution < 1.29 is 9.59 Å². The number of rotatable bonds is 4. The van der Waals surface area contributed by atoms with Gasteiger partial charge in [0.05, 0.1) is 0 Å². The first kappa shape index (κ1) is 15.5. The van der Waals surface area contributed by atoms with Crippen LogP contribution in [0.3, 0.4) is 0 Å². The molecule has 4 nitrogen and oxygen atoms in total. The quantitative estimate of drug-likeness (QED) is 0.840. The average molecular weight is 301 g/mol. The second kappa shape index (κ2) is 7.16. The summed E-state index contributed by atoms with van der Waals surface area (Å²) in [6.07, 6.45) is 0. The lowest BCUT2D eigenvalue weighted by molar-refractivity contribution is -0.117. The first-order chi connectivity index (χ1) is 8.95. The summed E-state index contributed by atoms with van der Waals surface area (Å²) >= 11 is 11.5. The van der Waals surface area contributed by atoms with Crippen LogP contribution in [0.4, 0.5) is 5.69 Å². The van der Waals surface area contributed by atoms with Crippen LogP contribution in [0, 0.1) is 6.92 Å². The fraction of sp³-hybridized carbons (Fsp3) is 0.231. The van der Waals surface area contributed by atoms with E-state index in [1.165, 1.54) is 0 Å². The standard InChI is InChI=1S/C13H14Cl2N2O2/c1-3-16-12(18)10(14)11(15)13(19)17-9-6-4-5-8(2)7-9/h4-7H,3H2,1-2H3,(H,16,18)(H,17,19)/b11-10-. The van der Waals surface area contributed by atoms with Gasteiger partial charge in [-0.2, -0.15) is 0 Å². The molecule has 6 heteroatoms. The Hall–Kier alpha value is -1.52. The molecule has 0 aliphatic heterocycles. The third-order valence-electron chi connectivity index (χ3n) is 2.20. The van der Waals surface area contributed by atoms with E-state index in [0.717, 1.165) is 5.56 Å². The number of hydrogen-bond acceptors (Lipinski definition) is 2. The van der Waals surface area contributed by atoms with Gasteiger partial charge >= 0.3 is 0 Å². The first-order valence-corrected chi connectivity index (χ1v) is 6.42. The van der Waals surface area contributed by atoms with E-state index >= 15 is 0 Å². The number of anilines is 1. The zero-order valence-corrected chi connectivity index (χ0v) is 12.1. The average Bonchev–Trinajstić information content (AvgIpc) is 2.37. The molecular weight excluding hydrogens is 287 g/mol. The van der Waals surface area contributed by atoms with E-state index < -0.39 is 11.8 Å². The molecule has 102 valence electrons. The Labute approximate surface area is 121 Å². The molecule has 0 atom stereocenters. The van der Waals surface area contributed by atoms with Crippen LogP contribution < -0.4 is 10.6 Å². The third-order valence-corrected chi connectivity index (χ3v) is 3.02. The number of likely N-dealkylation sites (N-methyl/N-ethyl adjacent to an activating group) is 1. The normalized spacial score (nSPS) is 11.6. The van der Waals surface area contributed by atoms with Gasteiger partial charge in [-0.3, -0.25) is 9.59 Å². The summed E-state index contributed by atoms with van der Waals surface area (Å²) in [5.41, 5.74) is 1.58. The van der Waals surface area contributed by atoms with Crippen molar-refractivity contribution in [3.05, 3.63) is 39.9 Å². The molecule has 1 aromatic rings. The van der Waals surface area contributed by atoms with Crippen molar-refractivity contribution in [2.75, 3.05) is 11.9 Å². The van der Waals surface area contributed by atoms with Crippen LogP contribution in [0.1, 0.15) is 12.5 Å². The lowest BCUT2D eigenvalue weighted by atomic mass is 10.2. The van der Waals surface area contributed by atoms with E-state index in [1.807, 2.05) is 13.0 Å². The Balaban J connectivity index is 2.83. The van der Waals surface area contributed by atoms with Gasteiger partial charge in [0.15, 0.2) is 0 Å². The molecule has 1 rings (SSSR count). The number of hydrogen-bond donors (Lipinski definition) is 2. The predicted molar refractivity (Wildman–Crippen MR) is 77.2 cm³/mol. The molecule has 2 N–H and O–H groups in total. The lowest BCUT2D eigenvalue weighted by Gasteiger charge is -2.07. The molecule has 0 fully saturated rings. The van der Waals surface area contributed by atoms with Gasteiger partial charge in [0, 0.05) is 12.2 Å². The fourth-order valence-corrected chi connectivity index (χ4v) is 1.63. The molecule has 0 saturated carbocycles. The van der Waals surface area contributed by atoms with Crippen molar-refractivity contribution in [1.29, 1.82) is 0 Å². The molecule has 1 aromatic carbocycles. The van der Waals surface area contributed by atoms with Crippen molar-refractivity contribution >= 4 is 40.7 Å². The minimum Gasteiger partial charge on any atom is -0.352 e. The summed E-state index contributed by atoms with van der Waals surface area (Å²) in [4.78, 5) is 23.2. The largest absolute Gasteiger partial charge is 0.352 e. The van der Waals surface area contributed by atoms with Gasteiger partial charge in [-0.25, -0.2) is 0 Å². The summed E-state index contributed by atoms with van der Waals surface area (Å²) in [7, 11) is 0. The van der Waals surface area contributed by atoms with Gasteiger partial charge in [0.1, 0.15) is 10.1 Å². The van der Waals surface area contributed by atoms with Gasteiger partial charge in [-0.15, -0.1) is 0 Å². The molecular formula is C13H14Cl2N2O2. The van der Waals surface area contributed by atoms with Crippen molar-refractivity contribution in [2.45, 2.75) is 13.8 Å². The van der Waals surface area contributed by atoms with Crippen LogP contribution in [0.2, 0.25) is 0 Å². The molecule has 0 heterocycles. The van der Waals surface area contributed by atoms with E-state index in [-0.39, 0.29) is 10.1 Å². The van der Waals surface area contributed by atoms with Gasteiger partial charge in [0.25, 0.3) is 11.8 Å². The summed E-state index contributed by atoms with van der Waals surface area (Å²) in [6.45, 7) is 4.04. The van der Waals surface area contributed by atoms with Crippen LogP contribution in [0.15, 0.2) is 34.3 Å². The Morgan fingerprint density at radius 2 is 1.79 bits per heavy atom. The first-order valence-electron chi connectivity index (χ1n) is 5.67. The maximum Gasteiger partial charge on any atom is 0.268 e. The molecule has 19 heavy (non-hydrogen) atoms. The number of benzene rings is 1. The lowest BCUT2D eigenvalue weighted by Crippen LogP contribution is -2.25. The molecule has 0 aliphatic rings. The van der Waals surface area contributed by atoms with Crippen LogP contribution in [-0.4, -0.2) is 18.4 Å². The minimum atomic E-state index is -0.622. The topological polar surface area (TPSA) is 58.2 Å².